The van der Waals surface area contributed by atoms with Gasteiger partial charge in [-0.25, -0.2) is 0 Å². The van der Waals surface area contributed by atoms with Crippen molar-refractivity contribution in [3.05, 3.63) is 70.8 Å². The molecule has 0 radical (unpaired) electrons. The molecule has 2 aromatic carbocycles. The number of aryl methyl sites for hydroxylation is 1. The molecule has 36 heavy (non-hydrogen) atoms. The van der Waals surface area contributed by atoms with Gasteiger partial charge in [-0.1, -0.05) is 42.0 Å². The molecule has 4 aliphatic rings. The van der Waals surface area contributed by atoms with E-state index in [2.05, 4.69) is 30.1 Å². The number of esters is 1. The highest BCUT2D eigenvalue weighted by molar-refractivity contribution is 5.92. The molecule has 2 unspecified atom stereocenters. The van der Waals surface area contributed by atoms with Crippen molar-refractivity contribution in [2.45, 2.75) is 68.7 Å². The van der Waals surface area contributed by atoms with Crippen LogP contribution in [-0.4, -0.2) is 66.1 Å². The Morgan fingerprint density at radius 3 is 2.78 bits per heavy atom. The molecule has 188 valence electrons. The van der Waals surface area contributed by atoms with Crippen LogP contribution in [0.1, 0.15) is 48.4 Å². The quantitative estimate of drug-likeness (QED) is 0.485. The second kappa shape index (κ2) is 8.20. The maximum absolute atomic E-state index is 13.4. The van der Waals surface area contributed by atoms with Crippen LogP contribution >= 0.6 is 0 Å². The third kappa shape index (κ3) is 3.13. The minimum atomic E-state index is -0.659. The summed E-state index contributed by atoms with van der Waals surface area (Å²) < 4.78 is 13.2. The van der Waals surface area contributed by atoms with Gasteiger partial charge in [-0.2, -0.15) is 0 Å². The average Bonchev–Trinajstić information content (AvgIpc) is 3.19. The summed E-state index contributed by atoms with van der Waals surface area (Å²) in [7, 11) is 4.02. The normalized spacial score (nSPS) is 32.1. The summed E-state index contributed by atoms with van der Waals surface area (Å²) in [6.45, 7) is 4.47. The lowest BCUT2D eigenvalue weighted by atomic mass is 9.48. The molecule has 2 heterocycles. The van der Waals surface area contributed by atoms with Crippen LogP contribution < -0.4 is 4.74 Å². The lowest BCUT2D eigenvalue weighted by Crippen LogP contribution is -2.78. The van der Waals surface area contributed by atoms with Crippen molar-refractivity contribution in [1.82, 2.24) is 9.80 Å². The minimum absolute atomic E-state index is 0.0436. The molecule has 0 N–H and O–H groups in total. The van der Waals surface area contributed by atoms with Gasteiger partial charge in [0, 0.05) is 25.6 Å². The van der Waals surface area contributed by atoms with E-state index in [4.69, 9.17) is 9.47 Å². The number of carbonyl (C=O) groups is 2. The highest BCUT2D eigenvalue weighted by Crippen LogP contribution is 2.65. The maximum atomic E-state index is 13.4. The van der Waals surface area contributed by atoms with Crippen LogP contribution in [0.5, 0.6) is 5.75 Å². The Balaban J connectivity index is 1.40. The van der Waals surface area contributed by atoms with Crippen LogP contribution in [0, 0.1) is 6.92 Å². The Morgan fingerprint density at radius 1 is 1.19 bits per heavy atom. The van der Waals surface area contributed by atoms with Crippen molar-refractivity contribution >= 4 is 18.0 Å². The van der Waals surface area contributed by atoms with Crippen LogP contribution in [0.2, 0.25) is 0 Å². The predicted molar refractivity (Wildman–Crippen MR) is 138 cm³/mol. The predicted octanol–water partition coefficient (Wildman–Crippen LogP) is 3.89. The van der Waals surface area contributed by atoms with Crippen LogP contribution in [0.15, 0.2) is 48.5 Å². The van der Waals surface area contributed by atoms with Gasteiger partial charge in [-0.15, -0.1) is 0 Å². The number of nitrogens with zero attached hydrogens (tertiary/aromatic N) is 2. The van der Waals surface area contributed by atoms with Gasteiger partial charge in [0.1, 0.15) is 17.5 Å². The first-order chi connectivity index (χ1) is 17.3. The summed E-state index contributed by atoms with van der Waals surface area (Å²) >= 11 is 0. The number of hydrogen-bond donors (Lipinski definition) is 0. The molecule has 2 bridgehead atoms. The number of amides is 1. The van der Waals surface area contributed by atoms with E-state index in [1.165, 1.54) is 18.1 Å². The zero-order valence-corrected chi connectivity index (χ0v) is 21.5. The van der Waals surface area contributed by atoms with E-state index in [0.29, 0.717) is 12.8 Å². The molecule has 6 rings (SSSR count). The third-order valence-corrected chi connectivity index (χ3v) is 9.19. The molecule has 6 nitrogen and oxygen atoms in total. The Labute approximate surface area is 212 Å². The SMILES string of the molecule is CC(=O)O[C@@]12CCC(N(C)C(=O)/C=C/c3cccc(C)c3)C3Oc4cccc5c4[C@@]31CCN(C)[C@@H]2C5. The Kier molecular flexibility index (Phi) is 5.31. The van der Waals surface area contributed by atoms with Crippen molar-refractivity contribution < 1.29 is 19.1 Å². The van der Waals surface area contributed by atoms with Crippen molar-refractivity contribution in [3.8, 4) is 5.75 Å². The van der Waals surface area contributed by atoms with E-state index in [0.717, 1.165) is 36.3 Å². The number of piperidine rings is 1. The van der Waals surface area contributed by atoms with Crippen LogP contribution in [0.25, 0.3) is 6.08 Å². The number of hydrogen-bond acceptors (Lipinski definition) is 5. The highest BCUT2D eigenvalue weighted by Gasteiger charge is 2.75. The molecule has 6 heteroatoms. The smallest absolute Gasteiger partial charge is 0.303 e. The van der Waals surface area contributed by atoms with Crippen molar-refractivity contribution in [3.63, 3.8) is 0 Å². The van der Waals surface area contributed by atoms with Gasteiger partial charge >= 0.3 is 5.97 Å². The van der Waals surface area contributed by atoms with Gasteiger partial charge < -0.3 is 14.4 Å². The van der Waals surface area contributed by atoms with Gasteiger partial charge in [0.25, 0.3) is 0 Å². The Bertz CT molecular complexity index is 1270. The fourth-order valence-corrected chi connectivity index (χ4v) is 7.75. The number of likely N-dealkylation sites (tertiary alicyclic amines) is 1. The van der Waals surface area contributed by atoms with E-state index in [1.54, 1.807) is 6.08 Å². The zero-order chi connectivity index (χ0) is 25.2. The second-order valence-corrected chi connectivity index (χ2v) is 11.0. The van der Waals surface area contributed by atoms with Gasteiger partial charge in [-0.3, -0.25) is 14.5 Å². The monoisotopic (exact) mass is 486 g/mol. The first kappa shape index (κ1) is 23.3. The summed E-state index contributed by atoms with van der Waals surface area (Å²) in [5.41, 5.74) is 3.54. The number of likely N-dealkylation sites (N-methyl/N-ethyl adjacent to an activating group) is 2. The Hall–Kier alpha value is -3.12. The number of ether oxygens (including phenoxy) is 2. The van der Waals surface area contributed by atoms with Crippen LogP contribution in [0.3, 0.4) is 0 Å². The van der Waals surface area contributed by atoms with E-state index < -0.39 is 11.0 Å². The van der Waals surface area contributed by atoms with Crippen molar-refractivity contribution in [2.24, 2.45) is 0 Å². The fourth-order valence-electron chi connectivity index (χ4n) is 7.75. The average molecular weight is 487 g/mol. The number of rotatable bonds is 4. The molecule has 5 atom stereocenters. The maximum Gasteiger partial charge on any atom is 0.303 e. The molecule has 2 aliphatic heterocycles. The first-order valence-electron chi connectivity index (χ1n) is 13.0. The zero-order valence-electron chi connectivity index (χ0n) is 21.5. The number of benzene rings is 2. The molecule has 2 aromatic rings. The summed E-state index contributed by atoms with van der Waals surface area (Å²) in [6, 6.07) is 14.4. The fraction of sp³-hybridized carbons (Fsp3) is 0.467. The van der Waals surface area contributed by atoms with Crippen LogP contribution in [0.4, 0.5) is 0 Å². The van der Waals surface area contributed by atoms with Gasteiger partial charge in [0.05, 0.1) is 17.5 Å². The summed E-state index contributed by atoms with van der Waals surface area (Å²) in [4.78, 5) is 30.1. The lowest BCUT2D eigenvalue weighted by molar-refractivity contribution is -0.220. The first-order valence-corrected chi connectivity index (χ1v) is 13.0. The molecule has 1 spiro atoms. The molecule has 1 amide bonds. The van der Waals surface area contributed by atoms with E-state index in [1.807, 2.05) is 49.2 Å². The number of carbonyl (C=O) groups excluding carboxylic acids is 2. The molecule has 2 fully saturated rings. The highest BCUT2D eigenvalue weighted by atomic mass is 16.6. The molecule has 0 aromatic heterocycles. The molecular formula is C30H34N2O4. The van der Waals surface area contributed by atoms with E-state index in [9.17, 15) is 9.59 Å². The van der Waals surface area contributed by atoms with Crippen molar-refractivity contribution in [1.29, 1.82) is 0 Å². The summed E-state index contributed by atoms with van der Waals surface area (Å²) in [5, 5.41) is 0. The van der Waals surface area contributed by atoms with E-state index in [-0.39, 0.29) is 30.1 Å². The largest absolute Gasteiger partial charge is 0.487 e. The summed E-state index contributed by atoms with van der Waals surface area (Å²) in [5.74, 6) is 0.600. The topological polar surface area (TPSA) is 59.1 Å². The van der Waals surface area contributed by atoms with Gasteiger partial charge in [-0.05, 0) is 69.5 Å². The van der Waals surface area contributed by atoms with Crippen molar-refractivity contribution in [2.75, 3.05) is 20.6 Å². The van der Waals surface area contributed by atoms with Gasteiger partial charge in [0.15, 0.2) is 0 Å². The Morgan fingerprint density at radius 2 is 2.00 bits per heavy atom. The van der Waals surface area contributed by atoms with Crippen LogP contribution in [-0.2, 0) is 26.2 Å². The summed E-state index contributed by atoms with van der Waals surface area (Å²) in [6.07, 6.45) is 6.37. The van der Waals surface area contributed by atoms with Gasteiger partial charge in [0.2, 0.25) is 5.91 Å². The lowest BCUT2D eigenvalue weighted by Gasteiger charge is -2.65. The molecule has 1 saturated heterocycles. The molecule has 1 saturated carbocycles. The van der Waals surface area contributed by atoms with E-state index >= 15 is 0 Å². The molecule has 2 aliphatic carbocycles. The third-order valence-electron chi connectivity index (χ3n) is 9.19. The standard InChI is InChI=1S/C30H34N2O4/c1-19-7-5-8-21(17-19)11-12-26(34)32(4)23-13-14-30(36-20(2)33)25-18-22-9-6-10-24-27(22)29(30,28(23)35-24)15-16-31(25)3/h5-12,17,23,25,28H,13-16,18H2,1-4H3/b12-11+/t23?,25-,28?,29+,30-/m1/s1. The minimum Gasteiger partial charge on any atom is -0.487 e. The second-order valence-electron chi connectivity index (χ2n) is 11.0. The molecular weight excluding hydrogens is 452 g/mol.